The van der Waals surface area contributed by atoms with Crippen molar-refractivity contribution in [1.29, 1.82) is 0 Å². The molecule has 0 aliphatic carbocycles. The molecule has 2 atom stereocenters. The van der Waals surface area contributed by atoms with Crippen molar-refractivity contribution in [2.75, 3.05) is 13.2 Å². The Kier molecular flexibility index (Phi) is 3.62. The van der Waals surface area contributed by atoms with Crippen LogP contribution in [-0.2, 0) is 14.3 Å². The van der Waals surface area contributed by atoms with E-state index in [9.17, 15) is 9.59 Å². The fraction of sp³-hybridized carbons (Fsp3) is 0.625. The van der Waals surface area contributed by atoms with Crippen molar-refractivity contribution in [2.24, 2.45) is 4.99 Å². The van der Waals surface area contributed by atoms with Crippen molar-refractivity contribution in [2.45, 2.75) is 19.0 Å². The number of carboxylic acid groups (broad SMARTS) is 1. The van der Waals surface area contributed by atoms with Gasteiger partial charge < -0.3 is 20.3 Å². The number of carboxylic acids is 1. The van der Waals surface area contributed by atoms with Crippen molar-refractivity contribution in [3.05, 3.63) is 0 Å². The molecule has 1 amide bonds. The average Bonchev–Trinajstić information content (AvgIpc) is 2.62. The van der Waals surface area contributed by atoms with E-state index in [0.717, 1.165) is 0 Å². The van der Waals surface area contributed by atoms with Crippen LogP contribution in [0.5, 0.6) is 0 Å². The first-order valence-electron chi connectivity index (χ1n) is 4.36. The molecule has 7 nitrogen and oxygen atoms in total. The molecule has 0 bridgehead atoms. The minimum atomic E-state index is -1.09. The van der Waals surface area contributed by atoms with Crippen LogP contribution < -0.4 is 5.32 Å². The number of nitrogens with one attached hydrogen (secondary N) is 1. The lowest BCUT2D eigenvalue weighted by molar-refractivity contribution is -0.138. The molecule has 0 saturated carbocycles. The Morgan fingerprint density at radius 3 is 2.80 bits per heavy atom. The highest BCUT2D eigenvalue weighted by Gasteiger charge is 2.29. The van der Waals surface area contributed by atoms with Crippen molar-refractivity contribution in [3.63, 3.8) is 0 Å². The summed E-state index contributed by atoms with van der Waals surface area (Å²) in [5.74, 6) is -1.39. The smallest absolute Gasteiger partial charge is 0.332 e. The number of aliphatic hydroxyl groups excluding tert-OH is 1. The number of hydrogen-bond acceptors (Lipinski definition) is 5. The monoisotopic (exact) mass is 216 g/mol. The molecule has 0 saturated heterocycles. The summed E-state index contributed by atoms with van der Waals surface area (Å²) in [7, 11) is 0. The lowest BCUT2D eigenvalue weighted by atomic mass is 10.3. The van der Waals surface area contributed by atoms with E-state index in [1.54, 1.807) is 0 Å². The Hall–Kier alpha value is -1.63. The van der Waals surface area contributed by atoms with Gasteiger partial charge >= 0.3 is 5.97 Å². The number of amides is 1. The summed E-state index contributed by atoms with van der Waals surface area (Å²) < 4.78 is 4.98. The highest BCUT2D eigenvalue weighted by molar-refractivity contribution is 5.90. The van der Waals surface area contributed by atoms with Crippen LogP contribution in [0.25, 0.3) is 0 Å². The second-order valence-electron chi connectivity index (χ2n) is 3.07. The summed E-state index contributed by atoms with van der Waals surface area (Å²) in [5, 5.41) is 20.0. The normalized spacial score (nSPS) is 21.5. The maximum absolute atomic E-state index is 10.7. The number of nitrogens with zero attached hydrogens (tertiary/aromatic N) is 1. The number of rotatable bonds is 4. The van der Waals surface area contributed by atoms with Crippen LogP contribution in [0, 0.1) is 0 Å². The Labute approximate surface area is 85.8 Å². The van der Waals surface area contributed by atoms with Gasteiger partial charge in [0, 0.05) is 6.92 Å². The molecule has 1 rings (SSSR count). The summed E-state index contributed by atoms with van der Waals surface area (Å²) in [5.41, 5.74) is 0. The van der Waals surface area contributed by atoms with Gasteiger partial charge in [-0.2, -0.15) is 0 Å². The van der Waals surface area contributed by atoms with Gasteiger partial charge in [-0.3, -0.25) is 4.79 Å². The largest absolute Gasteiger partial charge is 0.480 e. The van der Waals surface area contributed by atoms with Crippen LogP contribution in [0.3, 0.4) is 0 Å². The molecule has 0 fully saturated rings. The molecular weight excluding hydrogens is 204 g/mol. The summed E-state index contributed by atoms with van der Waals surface area (Å²) in [4.78, 5) is 25.0. The lowest BCUT2D eigenvalue weighted by Gasteiger charge is -2.13. The first kappa shape index (κ1) is 11.4. The van der Waals surface area contributed by atoms with E-state index >= 15 is 0 Å². The van der Waals surface area contributed by atoms with Crippen molar-refractivity contribution < 1.29 is 24.5 Å². The first-order chi connectivity index (χ1) is 7.04. The van der Waals surface area contributed by atoms with Gasteiger partial charge in [0.15, 0.2) is 6.04 Å². The molecule has 84 valence electrons. The fourth-order valence-corrected chi connectivity index (χ4v) is 1.14. The fourth-order valence-electron chi connectivity index (χ4n) is 1.14. The van der Waals surface area contributed by atoms with Gasteiger partial charge in [-0.25, -0.2) is 9.79 Å². The lowest BCUT2D eigenvalue weighted by Crippen LogP contribution is -2.42. The van der Waals surface area contributed by atoms with E-state index in [2.05, 4.69) is 10.3 Å². The minimum Gasteiger partial charge on any atom is -0.480 e. The van der Waals surface area contributed by atoms with E-state index in [-0.39, 0.29) is 25.0 Å². The van der Waals surface area contributed by atoms with Gasteiger partial charge in [0.25, 0.3) is 0 Å². The van der Waals surface area contributed by atoms with Crippen LogP contribution in [0.15, 0.2) is 4.99 Å². The minimum absolute atomic E-state index is 0.0556. The second kappa shape index (κ2) is 4.74. The number of hydrogen-bond donors (Lipinski definition) is 3. The van der Waals surface area contributed by atoms with Gasteiger partial charge in [-0.15, -0.1) is 0 Å². The molecule has 0 aromatic rings. The molecule has 1 heterocycles. The molecular formula is C8H12N2O5. The van der Waals surface area contributed by atoms with Gasteiger partial charge in [0.2, 0.25) is 11.8 Å². The third-order valence-corrected chi connectivity index (χ3v) is 1.82. The summed E-state index contributed by atoms with van der Waals surface area (Å²) >= 11 is 0. The van der Waals surface area contributed by atoms with Crippen molar-refractivity contribution in [1.82, 2.24) is 5.32 Å². The summed E-state index contributed by atoms with van der Waals surface area (Å²) in [6, 6.07) is -1.73. The maximum atomic E-state index is 10.7. The van der Waals surface area contributed by atoms with Gasteiger partial charge in [-0.05, 0) is 0 Å². The summed E-state index contributed by atoms with van der Waals surface area (Å²) in [6.07, 6.45) is 0. The quantitative estimate of drug-likeness (QED) is 0.522. The SMILES string of the molecule is CC(=O)NC(CO)C1=NC(C(=O)O)CO1. The van der Waals surface area contributed by atoms with E-state index in [4.69, 9.17) is 14.9 Å². The number of aliphatic hydroxyl groups is 1. The zero-order valence-corrected chi connectivity index (χ0v) is 8.14. The number of aliphatic imine (C=N–C) groups is 1. The highest BCUT2D eigenvalue weighted by Crippen LogP contribution is 2.07. The van der Waals surface area contributed by atoms with E-state index in [0.29, 0.717) is 0 Å². The molecule has 2 unspecified atom stereocenters. The Bertz CT molecular complexity index is 301. The number of ether oxygens (including phenoxy) is 1. The van der Waals surface area contributed by atoms with Crippen LogP contribution in [0.1, 0.15) is 6.92 Å². The molecule has 1 aliphatic heterocycles. The van der Waals surface area contributed by atoms with Crippen LogP contribution >= 0.6 is 0 Å². The third kappa shape index (κ3) is 2.91. The standard InChI is InChI=1S/C8H12N2O5/c1-4(12)9-5(2-11)7-10-6(3-15-7)8(13)14/h5-6,11H,2-3H2,1H3,(H,9,12)(H,13,14). The first-order valence-corrected chi connectivity index (χ1v) is 4.36. The molecule has 1 aliphatic rings. The molecule has 7 heteroatoms. The number of carbonyl (C=O) groups is 2. The number of aliphatic carboxylic acids is 1. The second-order valence-corrected chi connectivity index (χ2v) is 3.07. The van der Waals surface area contributed by atoms with Gasteiger partial charge in [0.1, 0.15) is 12.6 Å². The molecule has 0 spiro atoms. The molecule has 0 radical (unpaired) electrons. The molecule has 3 N–H and O–H groups in total. The van der Waals surface area contributed by atoms with Crippen LogP contribution in [0.4, 0.5) is 0 Å². The zero-order valence-electron chi connectivity index (χ0n) is 8.14. The molecule has 0 aromatic heterocycles. The van der Waals surface area contributed by atoms with Gasteiger partial charge in [-0.1, -0.05) is 0 Å². The van der Waals surface area contributed by atoms with Crippen molar-refractivity contribution in [3.8, 4) is 0 Å². The average molecular weight is 216 g/mol. The third-order valence-electron chi connectivity index (χ3n) is 1.82. The van der Waals surface area contributed by atoms with Gasteiger partial charge in [0.05, 0.1) is 6.61 Å². The summed E-state index contributed by atoms with van der Waals surface area (Å²) in [6.45, 7) is 0.832. The molecule has 15 heavy (non-hydrogen) atoms. The molecule has 0 aromatic carbocycles. The Balaban J connectivity index is 2.66. The van der Waals surface area contributed by atoms with E-state index in [1.165, 1.54) is 6.92 Å². The predicted octanol–water partition coefficient (Wildman–Crippen LogP) is -1.63. The van der Waals surface area contributed by atoms with Crippen molar-refractivity contribution >= 4 is 17.8 Å². The van der Waals surface area contributed by atoms with Crippen LogP contribution in [-0.4, -0.2) is 53.3 Å². The predicted molar refractivity (Wildman–Crippen MR) is 49.5 cm³/mol. The van der Waals surface area contributed by atoms with Crippen LogP contribution in [0.2, 0.25) is 0 Å². The zero-order chi connectivity index (χ0) is 11.4. The highest BCUT2D eigenvalue weighted by atomic mass is 16.5. The Morgan fingerprint density at radius 2 is 2.40 bits per heavy atom. The Morgan fingerprint density at radius 1 is 1.73 bits per heavy atom. The van der Waals surface area contributed by atoms with E-state index < -0.39 is 18.1 Å². The maximum Gasteiger partial charge on any atom is 0.332 e. The topological polar surface area (TPSA) is 108 Å². The number of carbonyl (C=O) groups excluding carboxylic acids is 1. The van der Waals surface area contributed by atoms with E-state index in [1.807, 2.05) is 0 Å².